The number of benzene rings is 2. The van der Waals surface area contributed by atoms with Gasteiger partial charge in [0.25, 0.3) is 0 Å². The first-order valence-corrected chi connectivity index (χ1v) is 9.38. The van der Waals surface area contributed by atoms with Gasteiger partial charge >= 0.3 is 0 Å². The monoisotopic (exact) mass is 365 g/mol. The molecule has 1 unspecified atom stereocenters. The average molecular weight is 366 g/mol. The van der Waals surface area contributed by atoms with Crippen molar-refractivity contribution in [1.29, 1.82) is 0 Å². The van der Waals surface area contributed by atoms with Crippen LogP contribution < -0.4 is 0 Å². The lowest BCUT2D eigenvalue weighted by atomic mass is 10.1. The van der Waals surface area contributed by atoms with E-state index < -0.39 is 0 Å². The fourth-order valence-electron chi connectivity index (χ4n) is 2.89. The van der Waals surface area contributed by atoms with E-state index in [1.165, 1.54) is 22.9 Å². The fraction of sp³-hybridized carbons (Fsp3) is 0.238. The zero-order valence-electron chi connectivity index (χ0n) is 15.5. The number of thioether (sulfide) groups is 1. The second-order valence-electron chi connectivity index (χ2n) is 6.57. The van der Waals surface area contributed by atoms with Crippen molar-refractivity contribution >= 4 is 17.7 Å². The standard InChI is InChI=1S/C21H23N3OS/c1-15-12-16(2)14-18(13-15)24-11-10-22-21(24)26-19(20(25)23(3)4)17-8-6-5-7-9-17/h5-14,19H,1-4H3. The molecule has 0 bridgehead atoms. The Kier molecular flexibility index (Phi) is 5.47. The van der Waals surface area contributed by atoms with Gasteiger partial charge in [0, 0.05) is 32.2 Å². The Labute approximate surface area is 158 Å². The Morgan fingerprint density at radius 3 is 2.35 bits per heavy atom. The predicted molar refractivity (Wildman–Crippen MR) is 107 cm³/mol. The van der Waals surface area contributed by atoms with Crippen LogP contribution in [0.25, 0.3) is 5.69 Å². The molecule has 26 heavy (non-hydrogen) atoms. The van der Waals surface area contributed by atoms with E-state index in [1.54, 1.807) is 25.2 Å². The smallest absolute Gasteiger partial charge is 0.240 e. The summed E-state index contributed by atoms with van der Waals surface area (Å²) in [5.74, 6) is 0.0520. The van der Waals surface area contributed by atoms with Crippen molar-refractivity contribution in [2.45, 2.75) is 24.3 Å². The second kappa shape index (κ2) is 7.79. The third-order valence-corrected chi connectivity index (χ3v) is 5.30. The minimum Gasteiger partial charge on any atom is -0.348 e. The molecule has 1 atom stereocenters. The Hall–Kier alpha value is -2.53. The molecule has 2 aromatic carbocycles. The van der Waals surface area contributed by atoms with Crippen molar-refractivity contribution < 1.29 is 4.79 Å². The molecule has 5 heteroatoms. The predicted octanol–water partition coefficient (Wildman–Crippen LogP) is 4.41. The molecule has 134 valence electrons. The van der Waals surface area contributed by atoms with Crippen LogP contribution in [0.3, 0.4) is 0 Å². The maximum atomic E-state index is 12.8. The number of rotatable bonds is 5. The van der Waals surface area contributed by atoms with E-state index in [9.17, 15) is 4.79 Å². The van der Waals surface area contributed by atoms with Gasteiger partial charge in [-0.2, -0.15) is 0 Å². The van der Waals surface area contributed by atoms with E-state index in [0.717, 1.165) is 16.4 Å². The highest BCUT2D eigenvalue weighted by molar-refractivity contribution is 8.00. The molecule has 0 saturated carbocycles. The molecule has 0 radical (unpaired) electrons. The number of likely N-dealkylation sites (N-methyl/N-ethyl adjacent to an activating group) is 1. The van der Waals surface area contributed by atoms with Crippen LogP contribution in [-0.4, -0.2) is 34.5 Å². The van der Waals surface area contributed by atoms with Crippen LogP contribution in [0, 0.1) is 13.8 Å². The van der Waals surface area contributed by atoms with Gasteiger partial charge in [0.1, 0.15) is 5.25 Å². The topological polar surface area (TPSA) is 38.1 Å². The lowest BCUT2D eigenvalue weighted by molar-refractivity contribution is -0.128. The molecule has 0 N–H and O–H groups in total. The molecule has 1 heterocycles. The molecular weight excluding hydrogens is 342 g/mol. The van der Waals surface area contributed by atoms with Crippen molar-refractivity contribution in [2.75, 3.05) is 14.1 Å². The van der Waals surface area contributed by atoms with E-state index in [1.807, 2.05) is 41.1 Å². The number of hydrogen-bond acceptors (Lipinski definition) is 3. The number of imidazole rings is 1. The molecule has 0 aliphatic rings. The lowest BCUT2D eigenvalue weighted by Gasteiger charge is -2.20. The Morgan fingerprint density at radius 2 is 1.73 bits per heavy atom. The summed E-state index contributed by atoms with van der Waals surface area (Å²) in [6, 6.07) is 16.3. The second-order valence-corrected chi connectivity index (χ2v) is 7.64. The molecule has 4 nitrogen and oxygen atoms in total. The molecule has 0 fully saturated rings. The molecule has 0 saturated heterocycles. The van der Waals surface area contributed by atoms with Gasteiger partial charge in [-0.1, -0.05) is 48.2 Å². The normalized spacial score (nSPS) is 12.0. The van der Waals surface area contributed by atoms with Crippen molar-refractivity contribution in [3.8, 4) is 5.69 Å². The Balaban J connectivity index is 1.98. The molecule has 3 aromatic rings. The van der Waals surface area contributed by atoms with Gasteiger partial charge in [0.05, 0.1) is 0 Å². The van der Waals surface area contributed by atoms with Gasteiger partial charge in [-0.25, -0.2) is 4.98 Å². The van der Waals surface area contributed by atoms with Crippen molar-refractivity contribution in [1.82, 2.24) is 14.5 Å². The van der Waals surface area contributed by atoms with Gasteiger partial charge < -0.3 is 4.90 Å². The zero-order chi connectivity index (χ0) is 18.7. The quantitative estimate of drug-likeness (QED) is 0.629. The summed E-state index contributed by atoms with van der Waals surface area (Å²) in [7, 11) is 3.57. The van der Waals surface area contributed by atoms with Crippen molar-refractivity contribution in [2.24, 2.45) is 0 Å². The Morgan fingerprint density at radius 1 is 1.08 bits per heavy atom. The molecule has 0 spiro atoms. The number of carbonyl (C=O) groups is 1. The first-order chi connectivity index (χ1) is 12.5. The highest BCUT2D eigenvalue weighted by atomic mass is 32.2. The van der Waals surface area contributed by atoms with E-state index >= 15 is 0 Å². The fourth-order valence-corrected chi connectivity index (χ4v) is 4.11. The average Bonchev–Trinajstić information content (AvgIpc) is 3.07. The number of aromatic nitrogens is 2. The van der Waals surface area contributed by atoms with Crippen molar-refractivity contribution in [3.63, 3.8) is 0 Å². The number of aryl methyl sites for hydroxylation is 2. The van der Waals surface area contributed by atoms with Crippen LogP contribution in [-0.2, 0) is 4.79 Å². The summed E-state index contributed by atoms with van der Waals surface area (Å²) in [6.45, 7) is 4.17. The van der Waals surface area contributed by atoms with Crippen molar-refractivity contribution in [3.05, 3.63) is 77.6 Å². The van der Waals surface area contributed by atoms with Crippen LogP contribution in [0.1, 0.15) is 21.9 Å². The minimum absolute atomic E-state index is 0.0520. The molecular formula is C21H23N3OS. The lowest BCUT2D eigenvalue weighted by Crippen LogP contribution is -2.26. The maximum Gasteiger partial charge on any atom is 0.240 e. The van der Waals surface area contributed by atoms with Crippen LogP contribution in [0.15, 0.2) is 66.1 Å². The number of hydrogen-bond donors (Lipinski definition) is 0. The zero-order valence-corrected chi connectivity index (χ0v) is 16.3. The largest absolute Gasteiger partial charge is 0.348 e. The molecule has 1 amide bonds. The summed E-state index contributed by atoms with van der Waals surface area (Å²) in [6.07, 6.45) is 3.72. The van der Waals surface area contributed by atoms with Gasteiger partial charge in [0.2, 0.25) is 5.91 Å². The molecule has 3 rings (SSSR count). The van der Waals surface area contributed by atoms with Crippen LogP contribution in [0.2, 0.25) is 0 Å². The van der Waals surface area contributed by atoms with Gasteiger partial charge in [0.15, 0.2) is 5.16 Å². The SMILES string of the molecule is Cc1cc(C)cc(-n2ccnc2SC(C(=O)N(C)C)c2ccccc2)c1. The summed E-state index contributed by atoms with van der Waals surface area (Å²) in [5.41, 5.74) is 4.44. The van der Waals surface area contributed by atoms with Gasteiger partial charge in [-0.3, -0.25) is 9.36 Å². The third kappa shape index (κ3) is 3.99. The summed E-state index contributed by atoms with van der Waals surface area (Å²) >= 11 is 1.48. The van der Waals surface area contributed by atoms with E-state index in [0.29, 0.717) is 0 Å². The molecule has 0 aliphatic carbocycles. The number of nitrogens with zero attached hydrogens (tertiary/aromatic N) is 3. The summed E-state index contributed by atoms with van der Waals surface area (Å²) in [5, 5.41) is 0.470. The first-order valence-electron chi connectivity index (χ1n) is 8.50. The number of carbonyl (C=O) groups excluding carboxylic acids is 1. The van der Waals surface area contributed by atoms with Crippen LogP contribution >= 0.6 is 11.8 Å². The van der Waals surface area contributed by atoms with Crippen LogP contribution in [0.5, 0.6) is 0 Å². The van der Waals surface area contributed by atoms with E-state index in [2.05, 4.69) is 37.0 Å². The molecule has 1 aromatic heterocycles. The van der Waals surface area contributed by atoms with Gasteiger partial charge in [-0.05, 0) is 42.7 Å². The number of amides is 1. The van der Waals surface area contributed by atoms with Crippen LogP contribution in [0.4, 0.5) is 0 Å². The maximum absolute atomic E-state index is 12.8. The highest BCUT2D eigenvalue weighted by Crippen LogP contribution is 2.36. The summed E-state index contributed by atoms with van der Waals surface area (Å²) in [4.78, 5) is 18.9. The highest BCUT2D eigenvalue weighted by Gasteiger charge is 2.25. The summed E-state index contributed by atoms with van der Waals surface area (Å²) < 4.78 is 2.05. The van der Waals surface area contributed by atoms with Gasteiger partial charge in [-0.15, -0.1) is 0 Å². The first kappa shape index (κ1) is 18.3. The van der Waals surface area contributed by atoms with E-state index in [4.69, 9.17) is 0 Å². The molecule has 0 aliphatic heterocycles. The third-order valence-electron chi connectivity index (χ3n) is 4.08. The minimum atomic E-state index is -0.335. The van der Waals surface area contributed by atoms with E-state index in [-0.39, 0.29) is 11.2 Å². The Bertz CT molecular complexity index is 882.